The quantitative estimate of drug-likeness (QED) is 0.509. The highest BCUT2D eigenvalue weighted by Gasteiger charge is 2.17. The molecule has 3 heterocycles. The summed E-state index contributed by atoms with van der Waals surface area (Å²) in [5.41, 5.74) is 0.817. The third-order valence-corrected chi connectivity index (χ3v) is 5.28. The summed E-state index contributed by atoms with van der Waals surface area (Å²) in [6.07, 6.45) is 1.55. The Morgan fingerprint density at radius 3 is 2.60 bits per heavy atom. The molecule has 0 aliphatic heterocycles. The lowest BCUT2D eigenvalue weighted by molar-refractivity contribution is 0.485. The SMILES string of the molecule is Cc1cc2c(s1)c1cnn(Cc3cc(F)c(F)cc3F)c(=O)c1n2C. The van der Waals surface area contributed by atoms with Gasteiger partial charge in [0.1, 0.15) is 11.3 Å². The Hall–Kier alpha value is -2.61. The van der Waals surface area contributed by atoms with Gasteiger partial charge in [0.05, 0.1) is 23.0 Å². The summed E-state index contributed by atoms with van der Waals surface area (Å²) in [5.74, 6) is -3.35. The largest absolute Gasteiger partial charge is 0.338 e. The molecule has 128 valence electrons. The van der Waals surface area contributed by atoms with Crippen molar-refractivity contribution in [2.75, 3.05) is 0 Å². The van der Waals surface area contributed by atoms with Crippen molar-refractivity contribution in [3.8, 4) is 0 Å². The minimum Gasteiger partial charge on any atom is -0.338 e. The molecule has 1 aromatic carbocycles. The first kappa shape index (κ1) is 15.9. The second kappa shape index (κ2) is 5.45. The average molecular weight is 363 g/mol. The number of benzene rings is 1. The summed E-state index contributed by atoms with van der Waals surface area (Å²) < 4.78 is 44.1. The van der Waals surface area contributed by atoms with Gasteiger partial charge in [-0.05, 0) is 19.1 Å². The number of halogens is 3. The molecule has 0 bridgehead atoms. The van der Waals surface area contributed by atoms with Crippen molar-refractivity contribution in [3.05, 3.63) is 62.6 Å². The molecule has 0 radical (unpaired) electrons. The summed E-state index contributed by atoms with van der Waals surface area (Å²) in [6.45, 7) is 1.70. The normalized spacial score (nSPS) is 11.7. The number of fused-ring (bicyclic) bond motifs is 3. The highest BCUT2D eigenvalue weighted by atomic mass is 32.1. The Morgan fingerprint density at radius 2 is 1.84 bits per heavy atom. The summed E-state index contributed by atoms with van der Waals surface area (Å²) in [5, 5.41) is 4.81. The van der Waals surface area contributed by atoms with Crippen LogP contribution < -0.4 is 5.56 Å². The first-order chi connectivity index (χ1) is 11.9. The first-order valence-electron chi connectivity index (χ1n) is 7.45. The van der Waals surface area contributed by atoms with Crippen molar-refractivity contribution >= 4 is 32.5 Å². The molecule has 3 aromatic heterocycles. The lowest BCUT2D eigenvalue weighted by Crippen LogP contribution is -2.25. The maximum Gasteiger partial charge on any atom is 0.291 e. The van der Waals surface area contributed by atoms with Crippen LogP contribution in [0.25, 0.3) is 21.1 Å². The molecule has 0 amide bonds. The van der Waals surface area contributed by atoms with E-state index in [1.807, 2.05) is 13.0 Å². The zero-order valence-electron chi connectivity index (χ0n) is 13.3. The molecular formula is C17H12F3N3OS. The molecule has 0 saturated heterocycles. The topological polar surface area (TPSA) is 39.8 Å². The van der Waals surface area contributed by atoms with Crippen LogP contribution in [0.5, 0.6) is 0 Å². The number of aromatic nitrogens is 3. The molecule has 4 aromatic rings. The van der Waals surface area contributed by atoms with E-state index in [-0.39, 0.29) is 12.1 Å². The predicted molar refractivity (Wildman–Crippen MR) is 90.5 cm³/mol. The summed E-state index contributed by atoms with van der Waals surface area (Å²) in [7, 11) is 1.78. The van der Waals surface area contributed by atoms with Gasteiger partial charge in [0.15, 0.2) is 11.6 Å². The number of nitrogens with zero attached hydrogens (tertiary/aromatic N) is 3. The smallest absolute Gasteiger partial charge is 0.291 e. The second-order valence-corrected chi connectivity index (χ2v) is 7.11. The van der Waals surface area contributed by atoms with Crippen LogP contribution in [-0.4, -0.2) is 14.3 Å². The molecule has 0 fully saturated rings. The lowest BCUT2D eigenvalue weighted by Gasteiger charge is -2.07. The number of hydrogen-bond acceptors (Lipinski definition) is 3. The third kappa shape index (κ3) is 2.36. The maximum absolute atomic E-state index is 13.8. The van der Waals surface area contributed by atoms with Crippen LogP contribution in [-0.2, 0) is 13.6 Å². The minimum absolute atomic E-state index is 0.139. The zero-order chi connectivity index (χ0) is 17.9. The van der Waals surface area contributed by atoms with Crippen molar-refractivity contribution < 1.29 is 13.2 Å². The molecule has 8 heteroatoms. The van der Waals surface area contributed by atoms with E-state index in [0.29, 0.717) is 11.6 Å². The van der Waals surface area contributed by atoms with Gasteiger partial charge in [-0.3, -0.25) is 4.79 Å². The monoisotopic (exact) mass is 363 g/mol. The molecule has 4 rings (SSSR count). The molecule has 0 aliphatic rings. The van der Waals surface area contributed by atoms with Crippen LogP contribution >= 0.6 is 11.3 Å². The average Bonchev–Trinajstić information content (AvgIpc) is 3.05. The van der Waals surface area contributed by atoms with Gasteiger partial charge >= 0.3 is 0 Å². The van der Waals surface area contributed by atoms with Gasteiger partial charge < -0.3 is 4.57 Å². The molecule has 0 N–H and O–H groups in total. The van der Waals surface area contributed by atoms with Crippen LogP contribution in [0.2, 0.25) is 0 Å². The van der Waals surface area contributed by atoms with Crippen LogP contribution in [0.1, 0.15) is 10.4 Å². The molecule has 0 atom stereocenters. The van der Waals surface area contributed by atoms with E-state index in [1.54, 1.807) is 29.1 Å². The Balaban J connectivity index is 1.89. The molecule has 4 nitrogen and oxygen atoms in total. The van der Waals surface area contributed by atoms with E-state index in [9.17, 15) is 18.0 Å². The van der Waals surface area contributed by atoms with Gasteiger partial charge in [-0.2, -0.15) is 5.10 Å². The number of aryl methyl sites for hydroxylation is 2. The molecule has 0 unspecified atom stereocenters. The third-order valence-electron chi connectivity index (χ3n) is 4.20. The van der Waals surface area contributed by atoms with Crippen LogP contribution in [0, 0.1) is 24.4 Å². The Bertz CT molecular complexity index is 1210. The van der Waals surface area contributed by atoms with Crippen molar-refractivity contribution in [1.82, 2.24) is 14.3 Å². The number of rotatable bonds is 2. The Labute approximate surface area is 143 Å². The van der Waals surface area contributed by atoms with E-state index in [2.05, 4.69) is 5.10 Å². The summed E-state index contributed by atoms with van der Waals surface area (Å²) >= 11 is 1.57. The van der Waals surface area contributed by atoms with Crippen LogP contribution in [0.4, 0.5) is 13.2 Å². The molecular weight excluding hydrogens is 351 g/mol. The molecule has 25 heavy (non-hydrogen) atoms. The fourth-order valence-electron chi connectivity index (χ4n) is 2.99. The fourth-order valence-corrected chi connectivity index (χ4v) is 4.04. The standard InChI is InChI=1S/C17H12F3N3OS/c1-8-3-14-16(25-8)10-6-21-23(17(24)15(10)22(14)2)7-9-4-12(19)13(20)5-11(9)18/h3-6H,7H2,1-2H3. The van der Waals surface area contributed by atoms with Gasteiger partial charge in [0, 0.05) is 28.9 Å². The van der Waals surface area contributed by atoms with Gasteiger partial charge in [-0.1, -0.05) is 0 Å². The summed E-state index contributed by atoms with van der Waals surface area (Å²) in [4.78, 5) is 13.9. The molecule has 0 spiro atoms. The second-order valence-electron chi connectivity index (χ2n) is 5.86. The Morgan fingerprint density at radius 1 is 1.12 bits per heavy atom. The van der Waals surface area contributed by atoms with Crippen molar-refractivity contribution in [3.63, 3.8) is 0 Å². The van der Waals surface area contributed by atoms with E-state index in [0.717, 1.165) is 31.2 Å². The molecule has 0 aliphatic carbocycles. The number of thiophene rings is 1. The van der Waals surface area contributed by atoms with Crippen LogP contribution in [0.15, 0.2) is 29.2 Å². The van der Waals surface area contributed by atoms with Crippen molar-refractivity contribution in [2.45, 2.75) is 13.5 Å². The van der Waals surface area contributed by atoms with E-state index >= 15 is 0 Å². The van der Waals surface area contributed by atoms with E-state index in [4.69, 9.17) is 0 Å². The van der Waals surface area contributed by atoms with Gasteiger partial charge in [0.2, 0.25) is 0 Å². The van der Waals surface area contributed by atoms with Gasteiger partial charge in [-0.15, -0.1) is 11.3 Å². The highest BCUT2D eigenvalue weighted by Crippen LogP contribution is 2.32. The van der Waals surface area contributed by atoms with Gasteiger partial charge in [-0.25, -0.2) is 17.9 Å². The zero-order valence-corrected chi connectivity index (χ0v) is 14.1. The van der Waals surface area contributed by atoms with E-state index in [1.165, 1.54) is 0 Å². The van der Waals surface area contributed by atoms with Crippen molar-refractivity contribution in [2.24, 2.45) is 7.05 Å². The minimum atomic E-state index is -1.27. The predicted octanol–water partition coefficient (Wildman–Crippen LogP) is 3.72. The highest BCUT2D eigenvalue weighted by molar-refractivity contribution is 7.20. The van der Waals surface area contributed by atoms with Crippen molar-refractivity contribution in [1.29, 1.82) is 0 Å². The van der Waals surface area contributed by atoms with Crippen LogP contribution in [0.3, 0.4) is 0 Å². The number of hydrogen-bond donors (Lipinski definition) is 0. The van der Waals surface area contributed by atoms with Gasteiger partial charge in [0.25, 0.3) is 5.56 Å². The first-order valence-corrected chi connectivity index (χ1v) is 8.26. The van der Waals surface area contributed by atoms with E-state index < -0.39 is 23.0 Å². The molecule has 0 saturated carbocycles. The lowest BCUT2D eigenvalue weighted by atomic mass is 10.2. The fraction of sp³-hybridized carbons (Fsp3) is 0.176. The Kier molecular flexibility index (Phi) is 3.47. The maximum atomic E-state index is 13.8. The summed E-state index contributed by atoms with van der Waals surface area (Å²) in [6, 6.07) is 3.20.